The second-order valence-corrected chi connectivity index (χ2v) is 6.21. The van der Waals surface area contributed by atoms with Gasteiger partial charge in [0.2, 0.25) is 5.91 Å². The molecule has 0 fully saturated rings. The topological polar surface area (TPSA) is 60.9 Å². The van der Waals surface area contributed by atoms with Crippen molar-refractivity contribution in [2.24, 2.45) is 0 Å². The lowest BCUT2D eigenvalue weighted by Crippen LogP contribution is -2.51. The zero-order chi connectivity index (χ0) is 15.6. The predicted octanol–water partition coefficient (Wildman–Crippen LogP) is 1.99. The SMILES string of the molecule is CCN(CC)C(=O)C(C)N1CCc2sccc2C1C(=O)O. The monoisotopic (exact) mass is 310 g/mol. The van der Waals surface area contributed by atoms with Gasteiger partial charge in [0.05, 0.1) is 6.04 Å². The molecule has 1 aliphatic rings. The first-order valence-electron chi connectivity index (χ1n) is 7.34. The van der Waals surface area contributed by atoms with Gasteiger partial charge >= 0.3 is 5.97 Å². The summed E-state index contributed by atoms with van der Waals surface area (Å²) in [6.07, 6.45) is 0.812. The molecule has 1 aliphatic heterocycles. The molecule has 0 saturated heterocycles. The van der Waals surface area contributed by atoms with E-state index in [4.69, 9.17) is 0 Å². The molecule has 0 bridgehead atoms. The number of amides is 1. The molecule has 2 atom stereocenters. The summed E-state index contributed by atoms with van der Waals surface area (Å²) in [6.45, 7) is 7.60. The van der Waals surface area contributed by atoms with E-state index in [0.717, 1.165) is 16.9 Å². The number of carbonyl (C=O) groups excluding carboxylic acids is 1. The van der Waals surface area contributed by atoms with Crippen molar-refractivity contribution in [2.45, 2.75) is 39.3 Å². The van der Waals surface area contributed by atoms with E-state index < -0.39 is 18.1 Å². The lowest BCUT2D eigenvalue weighted by atomic mass is 9.98. The molecule has 1 aromatic heterocycles. The van der Waals surface area contributed by atoms with Crippen LogP contribution >= 0.6 is 11.3 Å². The Morgan fingerprint density at radius 2 is 2.14 bits per heavy atom. The van der Waals surface area contributed by atoms with Crippen molar-refractivity contribution in [3.63, 3.8) is 0 Å². The van der Waals surface area contributed by atoms with Crippen LogP contribution in [0.2, 0.25) is 0 Å². The Bertz CT molecular complexity index is 525. The van der Waals surface area contributed by atoms with E-state index in [2.05, 4.69) is 0 Å². The first-order chi connectivity index (χ1) is 10.0. The molecule has 1 aromatic rings. The van der Waals surface area contributed by atoms with Crippen LogP contribution in [0.4, 0.5) is 0 Å². The van der Waals surface area contributed by atoms with Gasteiger partial charge in [-0.15, -0.1) is 11.3 Å². The molecule has 0 spiro atoms. The highest BCUT2D eigenvalue weighted by molar-refractivity contribution is 7.10. The van der Waals surface area contributed by atoms with E-state index in [1.165, 1.54) is 0 Å². The van der Waals surface area contributed by atoms with Crippen LogP contribution in [0.25, 0.3) is 0 Å². The summed E-state index contributed by atoms with van der Waals surface area (Å²) in [5, 5.41) is 11.5. The number of likely N-dealkylation sites (N-methyl/N-ethyl adjacent to an activating group) is 1. The van der Waals surface area contributed by atoms with Gasteiger partial charge < -0.3 is 10.0 Å². The van der Waals surface area contributed by atoms with E-state index >= 15 is 0 Å². The van der Waals surface area contributed by atoms with Crippen molar-refractivity contribution in [1.29, 1.82) is 0 Å². The van der Waals surface area contributed by atoms with Crippen molar-refractivity contribution in [2.75, 3.05) is 19.6 Å². The lowest BCUT2D eigenvalue weighted by Gasteiger charge is -2.38. The maximum atomic E-state index is 12.5. The number of nitrogens with zero attached hydrogens (tertiary/aromatic N) is 2. The molecule has 2 rings (SSSR count). The van der Waals surface area contributed by atoms with Crippen molar-refractivity contribution in [3.05, 3.63) is 21.9 Å². The van der Waals surface area contributed by atoms with E-state index in [1.807, 2.05) is 37.1 Å². The maximum absolute atomic E-state index is 12.5. The van der Waals surface area contributed by atoms with E-state index in [-0.39, 0.29) is 5.91 Å². The Morgan fingerprint density at radius 3 is 2.71 bits per heavy atom. The number of thiophene rings is 1. The molecule has 1 N–H and O–H groups in total. The zero-order valence-corrected chi connectivity index (χ0v) is 13.5. The largest absolute Gasteiger partial charge is 0.480 e. The van der Waals surface area contributed by atoms with Crippen LogP contribution in [0.1, 0.15) is 37.3 Å². The highest BCUT2D eigenvalue weighted by Gasteiger charge is 2.39. The summed E-state index contributed by atoms with van der Waals surface area (Å²) < 4.78 is 0. The minimum atomic E-state index is -0.881. The first kappa shape index (κ1) is 16.0. The highest BCUT2D eigenvalue weighted by atomic mass is 32.1. The van der Waals surface area contributed by atoms with Crippen LogP contribution in [0.3, 0.4) is 0 Å². The third-order valence-electron chi connectivity index (χ3n) is 4.17. The van der Waals surface area contributed by atoms with Crippen molar-refractivity contribution in [1.82, 2.24) is 9.80 Å². The van der Waals surface area contributed by atoms with Gasteiger partial charge in [-0.1, -0.05) is 0 Å². The van der Waals surface area contributed by atoms with Gasteiger partial charge in [-0.05, 0) is 44.2 Å². The van der Waals surface area contributed by atoms with Crippen LogP contribution in [-0.4, -0.2) is 52.5 Å². The first-order valence-corrected chi connectivity index (χ1v) is 8.22. The molecule has 1 amide bonds. The number of hydrogen-bond acceptors (Lipinski definition) is 4. The Labute approximate surface area is 129 Å². The zero-order valence-electron chi connectivity index (χ0n) is 12.7. The standard InChI is InChI=1S/C15H22N2O3S/c1-4-16(5-2)14(18)10(3)17-8-6-12-11(7-9-21-12)13(17)15(19)20/h7,9-10,13H,4-6,8H2,1-3H3,(H,19,20). The Morgan fingerprint density at radius 1 is 1.48 bits per heavy atom. The lowest BCUT2D eigenvalue weighted by molar-refractivity contribution is -0.148. The second kappa shape index (κ2) is 6.58. The summed E-state index contributed by atoms with van der Waals surface area (Å²) >= 11 is 1.60. The molecule has 0 aliphatic carbocycles. The third kappa shape index (κ3) is 2.96. The van der Waals surface area contributed by atoms with Gasteiger partial charge in [0.15, 0.2) is 0 Å². The fraction of sp³-hybridized carbons (Fsp3) is 0.600. The number of rotatable bonds is 5. The molecule has 2 unspecified atom stereocenters. The fourth-order valence-corrected chi connectivity index (χ4v) is 3.87. The van der Waals surface area contributed by atoms with Crippen molar-refractivity contribution < 1.29 is 14.7 Å². The molecule has 6 heteroatoms. The molecule has 5 nitrogen and oxygen atoms in total. The number of fused-ring (bicyclic) bond motifs is 1. The molecule has 0 radical (unpaired) electrons. The molecular formula is C15H22N2O3S. The average Bonchev–Trinajstić information content (AvgIpc) is 2.94. The summed E-state index contributed by atoms with van der Waals surface area (Å²) in [5.41, 5.74) is 0.845. The van der Waals surface area contributed by atoms with Crippen LogP contribution in [0.5, 0.6) is 0 Å². The summed E-state index contributed by atoms with van der Waals surface area (Å²) in [4.78, 5) is 28.9. The molecule has 2 heterocycles. The van der Waals surface area contributed by atoms with Crippen LogP contribution in [0.15, 0.2) is 11.4 Å². The van der Waals surface area contributed by atoms with Crippen molar-refractivity contribution in [3.8, 4) is 0 Å². The number of aliphatic carboxylic acids is 1. The van der Waals surface area contributed by atoms with Gasteiger partial charge in [-0.3, -0.25) is 14.5 Å². The number of carboxylic acids is 1. The fourth-order valence-electron chi connectivity index (χ4n) is 2.97. The number of carbonyl (C=O) groups is 2. The predicted molar refractivity (Wildman–Crippen MR) is 82.5 cm³/mol. The minimum absolute atomic E-state index is 0.00456. The maximum Gasteiger partial charge on any atom is 0.325 e. The Balaban J connectivity index is 2.26. The van der Waals surface area contributed by atoms with Crippen molar-refractivity contribution >= 4 is 23.2 Å². The van der Waals surface area contributed by atoms with E-state index in [0.29, 0.717) is 19.6 Å². The average molecular weight is 310 g/mol. The van der Waals surface area contributed by atoms with Crippen LogP contribution in [0, 0.1) is 0 Å². The molecule has 116 valence electrons. The minimum Gasteiger partial charge on any atom is -0.480 e. The number of hydrogen-bond donors (Lipinski definition) is 1. The quantitative estimate of drug-likeness (QED) is 0.903. The summed E-state index contributed by atoms with van der Waals surface area (Å²) in [5.74, 6) is -0.876. The normalized spacial score (nSPS) is 19.9. The molecular weight excluding hydrogens is 288 g/mol. The van der Waals surface area contributed by atoms with Gasteiger partial charge in [0, 0.05) is 24.5 Å². The van der Waals surface area contributed by atoms with E-state index in [9.17, 15) is 14.7 Å². The van der Waals surface area contributed by atoms with Crippen LogP contribution in [-0.2, 0) is 16.0 Å². The highest BCUT2D eigenvalue weighted by Crippen LogP contribution is 2.34. The summed E-state index contributed by atoms with van der Waals surface area (Å²) in [6, 6.07) is 0.744. The van der Waals surface area contributed by atoms with E-state index in [1.54, 1.807) is 16.2 Å². The Hall–Kier alpha value is -1.40. The smallest absolute Gasteiger partial charge is 0.325 e. The molecule has 21 heavy (non-hydrogen) atoms. The molecule has 0 saturated carbocycles. The summed E-state index contributed by atoms with van der Waals surface area (Å²) in [7, 11) is 0. The third-order valence-corrected chi connectivity index (χ3v) is 5.16. The van der Waals surface area contributed by atoms with Gasteiger partial charge in [0.1, 0.15) is 6.04 Å². The van der Waals surface area contributed by atoms with Gasteiger partial charge in [-0.25, -0.2) is 0 Å². The Kier molecular flexibility index (Phi) is 5.00. The second-order valence-electron chi connectivity index (χ2n) is 5.21. The van der Waals surface area contributed by atoms with Gasteiger partial charge in [-0.2, -0.15) is 0 Å². The molecule has 0 aromatic carbocycles. The van der Waals surface area contributed by atoms with Gasteiger partial charge in [0.25, 0.3) is 0 Å². The van der Waals surface area contributed by atoms with Crippen LogP contribution < -0.4 is 0 Å². The number of carboxylic acid groups (broad SMARTS) is 1.